The fourth-order valence-corrected chi connectivity index (χ4v) is 4.49. The first-order valence-electron chi connectivity index (χ1n) is 8.41. The Bertz CT molecular complexity index is 778. The van der Waals surface area contributed by atoms with Crippen molar-refractivity contribution in [3.63, 3.8) is 0 Å². The van der Waals surface area contributed by atoms with E-state index in [-0.39, 0.29) is 11.8 Å². The van der Waals surface area contributed by atoms with Crippen LogP contribution in [-0.4, -0.2) is 39.8 Å². The van der Waals surface area contributed by atoms with E-state index in [0.29, 0.717) is 24.0 Å². The summed E-state index contributed by atoms with van der Waals surface area (Å²) in [5.41, 5.74) is 2.37. The van der Waals surface area contributed by atoms with Crippen molar-refractivity contribution in [3.8, 4) is 0 Å². The molecule has 3 rings (SSSR count). The smallest absolute Gasteiger partial charge is 0.232 e. The lowest BCUT2D eigenvalue weighted by Gasteiger charge is -2.31. The molecular weight excluding hydrogens is 402 g/mol. The lowest BCUT2D eigenvalue weighted by molar-refractivity contribution is -0.129. The average molecular weight is 424 g/mol. The summed E-state index contributed by atoms with van der Waals surface area (Å²) in [5, 5.41) is 3.87. The molecule has 1 aliphatic heterocycles. The first kappa shape index (κ1) is 18.5. The van der Waals surface area contributed by atoms with Crippen LogP contribution in [0.3, 0.4) is 0 Å². The van der Waals surface area contributed by atoms with Crippen molar-refractivity contribution in [1.82, 2.24) is 15.0 Å². The lowest BCUT2D eigenvalue weighted by Crippen LogP contribution is -2.40. The molecule has 1 saturated heterocycles. The third kappa shape index (κ3) is 4.44. The highest BCUT2D eigenvalue weighted by Crippen LogP contribution is 2.30. The predicted molar refractivity (Wildman–Crippen MR) is 102 cm³/mol. The molecule has 5 nitrogen and oxygen atoms in total. The molecule has 0 saturated carbocycles. The molecule has 1 aromatic heterocycles. The molecule has 1 aromatic carbocycles. The van der Waals surface area contributed by atoms with E-state index < -0.39 is 0 Å². The number of carbonyl (C=O) groups excluding carboxylic acids is 1. The highest BCUT2D eigenvalue weighted by atomic mass is 79.9. The van der Waals surface area contributed by atoms with Gasteiger partial charge in [-0.25, -0.2) is 0 Å². The molecule has 1 atom stereocenters. The molecule has 0 N–H and O–H groups in total. The number of halogens is 1. The van der Waals surface area contributed by atoms with Gasteiger partial charge in [0.1, 0.15) is 0 Å². The number of benzene rings is 1. The number of aryl methyl sites for hydroxylation is 3. The van der Waals surface area contributed by atoms with E-state index in [4.69, 9.17) is 4.52 Å². The summed E-state index contributed by atoms with van der Waals surface area (Å²) in [6, 6.07) is 4.24. The van der Waals surface area contributed by atoms with Crippen molar-refractivity contribution in [2.75, 3.05) is 18.8 Å². The summed E-state index contributed by atoms with van der Waals surface area (Å²) >= 11 is 5.16. The number of carbonyl (C=O) groups is 1. The Morgan fingerprint density at radius 1 is 1.36 bits per heavy atom. The second kappa shape index (κ2) is 7.91. The van der Waals surface area contributed by atoms with Gasteiger partial charge in [0.25, 0.3) is 0 Å². The van der Waals surface area contributed by atoms with Gasteiger partial charge in [-0.05, 0) is 56.9 Å². The third-order valence-electron chi connectivity index (χ3n) is 4.47. The van der Waals surface area contributed by atoms with Crippen LogP contribution in [0.4, 0.5) is 0 Å². The van der Waals surface area contributed by atoms with Crippen molar-refractivity contribution < 1.29 is 9.32 Å². The largest absolute Gasteiger partial charge is 0.341 e. The van der Waals surface area contributed by atoms with Crippen molar-refractivity contribution in [2.24, 2.45) is 0 Å². The van der Waals surface area contributed by atoms with Crippen LogP contribution in [0, 0.1) is 20.8 Å². The Labute approximate surface area is 160 Å². The molecule has 2 heterocycles. The predicted octanol–water partition coefficient (Wildman–Crippen LogP) is 4.26. The molecule has 1 aliphatic rings. The Kier molecular flexibility index (Phi) is 5.84. The van der Waals surface area contributed by atoms with Crippen molar-refractivity contribution in [2.45, 2.75) is 44.4 Å². The Balaban J connectivity index is 1.60. The lowest BCUT2D eigenvalue weighted by atomic mass is 9.98. The van der Waals surface area contributed by atoms with Crippen LogP contribution in [0.5, 0.6) is 0 Å². The van der Waals surface area contributed by atoms with Gasteiger partial charge in [-0.15, -0.1) is 11.8 Å². The zero-order valence-electron chi connectivity index (χ0n) is 14.7. The maximum Gasteiger partial charge on any atom is 0.232 e. The Morgan fingerprint density at radius 2 is 2.16 bits per heavy atom. The molecule has 1 fully saturated rings. The van der Waals surface area contributed by atoms with Crippen LogP contribution >= 0.6 is 27.7 Å². The van der Waals surface area contributed by atoms with E-state index in [0.717, 1.165) is 28.8 Å². The van der Waals surface area contributed by atoms with Crippen LogP contribution in [0.15, 0.2) is 26.0 Å². The highest BCUT2D eigenvalue weighted by molar-refractivity contribution is 9.10. The summed E-state index contributed by atoms with van der Waals surface area (Å²) in [7, 11) is 0. The van der Waals surface area contributed by atoms with E-state index in [1.165, 1.54) is 11.1 Å². The second-order valence-electron chi connectivity index (χ2n) is 6.51. The van der Waals surface area contributed by atoms with Crippen LogP contribution in [0.1, 0.15) is 41.6 Å². The molecule has 0 aliphatic carbocycles. The van der Waals surface area contributed by atoms with Gasteiger partial charge in [-0.2, -0.15) is 4.98 Å². The average Bonchev–Trinajstić information content (AvgIpc) is 3.03. The highest BCUT2D eigenvalue weighted by Gasteiger charge is 2.28. The van der Waals surface area contributed by atoms with E-state index >= 15 is 0 Å². The van der Waals surface area contributed by atoms with E-state index in [1.807, 2.05) is 11.8 Å². The standard InChI is InChI=1S/C18H22BrN3O2S/c1-11-8-16(12(2)7-15(11)19)25-10-17(23)22-6-4-5-14(9-22)18-20-13(3)21-24-18/h7-8,14H,4-6,9-10H2,1-3H3. The maximum atomic E-state index is 12.6. The minimum atomic E-state index is 0.153. The minimum absolute atomic E-state index is 0.153. The number of piperidine rings is 1. The quantitative estimate of drug-likeness (QED) is 0.687. The van der Waals surface area contributed by atoms with Gasteiger partial charge in [0.2, 0.25) is 11.8 Å². The van der Waals surface area contributed by atoms with Crippen LogP contribution < -0.4 is 0 Å². The van der Waals surface area contributed by atoms with Gasteiger partial charge >= 0.3 is 0 Å². The summed E-state index contributed by atoms with van der Waals surface area (Å²) in [5.74, 6) is 2.08. The minimum Gasteiger partial charge on any atom is -0.341 e. The van der Waals surface area contributed by atoms with Gasteiger partial charge in [0, 0.05) is 22.5 Å². The number of amides is 1. The Morgan fingerprint density at radius 3 is 2.88 bits per heavy atom. The summed E-state index contributed by atoms with van der Waals surface area (Å²) in [6.45, 7) is 7.43. The molecule has 1 unspecified atom stereocenters. The number of nitrogens with zero attached hydrogens (tertiary/aromatic N) is 3. The molecule has 0 radical (unpaired) electrons. The van der Waals surface area contributed by atoms with Crippen LogP contribution in [-0.2, 0) is 4.79 Å². The molecule has 25 heavy (non-hydrogen) atoms. The topological polar surface area (TPSA) is 59.2 Å². The fourth-order valence-electron chi connectivity index (χ4n) is 3.02. The number of hydrogen-bond donors (Lipinski definition) is 0. The van der Waals surface area contributed by atoms with Crippen molar-refractivity contribution >= 4 is 33.6 Å². The zero-order chi connectivity index (χ0) is 18.0. The number of thioether (sulfide) groups is 1. The van der Waals surface area contributed by atoms with Gasteiger partial charge < -0.3 is 9.42 Å². The first-order valence-corrected chi connectivity index (χ1v) is 10.2. The monoisotopic (exact) mass is 423 g/mol. The van der Waals surface area contributed by atoms with E-state index in [2.05, 4.69) is 52.1 Å². The van der Waals surface area contributed by atoms with E-state index in [9.17, 15) is 4.79 Å². The molecule has 0 bridgehead atoms. The van der Waals surface area contributed by atoms with Crippen LogP contribution in [0.25, 0.3) is 0 Å². The first-order chi connectivity index (χ1) is 11.9. The van der Waals surface area contributed by atoms with Gasteiger partial charge in [-0.3, -0.25) is 4.79 Å². The zero-order valence-corrected chi connectivity index (χ0v) is 17.1. The molecule has 2 aromatic rings. The summed E-state index contributed by atoms with van der Waals surface area (Å²) < 4.78 is 6.40. The van der Waals surface area contributed by atoms with Crippen molar-refractivity contribution in [3.05, 3.63) is 39.4 Å². The number of rotatable bonds is 4. The molecule has 7 heteroatoms. The number of hydrogen-bond acceptors (Lipinski definition) is 5. The summed E-state index contributed by atoms with van der Waals surface area (Å²) in [4.78, 5) is 20.1. The number of likely N-dealkylation sites (tertiary alicyclic amines) is 1. The SMILES string of the molecule is Cc1noc(C2CCCN(C(=O)CSc3cc(C)c(Br)cc3C)C2)n1. The fraction of sp³-hybridized carbons (Fsp3) is 0.500. The third-order valence-corrected chi connectivity index (χ3v) is 6.47. The summed E-state index contributed by atoms with van der Waals surface area (Å²) in [6.07, 6.45) is 1.96. The van der Waals surface area contributed by atoms with E-state index in [1.54, 1.807) is 11.8 Å². The molecule has 1 amide bonds. The number of aromatic nitrogens is 2. The Hall–Kier alpha value is -1.34. The van der Waals surface area contributed by atoms with Gasteiger partial charge in [0.05, 0.1) is 11.7 Å². The maximum absolute atomic E-state index is 12.6. The second-order valence-corrected chi connectivity index (χ2v) is 8.39. The van der Waals surface area contributed by atoms with Gasteiger partial charge in [0.15, 0.2) is 5.82 Å². The molecular formula is C18H22BrN3O2S. The normalized spacial score (nSPS) is 17.8. The molecule has 134 valence electrons. The van der Waals surface area contributed by atoms with Crippen molar-refractivity contribution in [1.29, 1.82) is 0 Å². The molecule has 0 spiro atoms. The van der Waals surface area contributed by atoms with Gasteiger partial charge in [-0.1, -0.05) is 21.1 Å². The van der Waals surface area contributed by atoms with Crippen LogP contribution in [0.2, 0.25) is 0 Å².